The van der Waals surface area contributed by atoms with Gasteiger partial charge in [0.25, 0.3) is 5.56 Å². The number of carbonyl (C=O) groups excluding carboxylic acids is 1. The molecule has 1 aromatic heterocycles. The first-order chi connectivity index (χ1) is 12.4. The van der Waals surface area contributed by atoms with Crippen LogP contribution in [0.4, 0.5) is 5.69 Å². The van der Waals surface area contributed by atoms with Gasteiger partial charge in [-0.1, -0.05) is 36.4 Å². The molecule has 0 saturated carbocycles. The van der Waals surface area contributed by atoms with Gasteiger partial charge in [-0.25, -0.2) is 4.98 Å². The fourth-order valence-corrected chi connectivity index (χ4v) is 2.73. The summed E-state index contributed by atoms with van der Waals surface area (Å²) in [5.41, 5.74) is 4.23. The van der Waals surface area contributed by atoms with Crippen LogP contribution in [0.2, 0.25) is 0 Å². The lowest BCUT2D eigenvalue weighted by Crippen LogP contribution is -2.29. The highest BCUT2D eigenvalue weighted by Crippen LogP contribution is 2.16. The molecule has 1 amide bonds. The van der Waals surface area contributed by atoms with E-state index in [-0.39, 0.29) is 18.0 Å². The molecule has 26 heavy (non-hydrogen) atoms. The predicted molar refractivity (Wildman–Crippen MR) is 103 cm³/mol. The van der Waals surface area contributed by atoms with E-state index in [0.717, 1.165) is 22.4 Å². The zero-order valence-corrected chi connectivity index (χ0v) is 15.1. The second kappa shape index (κ2) is 7.35. The van der Waals surface area contributed by atoms with Gasteiger partial charge < -0.3 is 5.32 Å². The Morgan fingerprint density at radius 3 is 2.38 bits per heavy atom. The standard InChI is InChI=1S/C21H21N3O2/c1-14-9-10-18(11-15(14)2)23-20(25)13-24-16(3)22-19(12-21(24)26)17-7-5-4-6-8-17/h4-12H,13H2,1-3H3,(H,23,25). The first-order valence-corrected chi connectivity index (χ1v) is 8.45. The largest absolute Gasteiger partial charge is 0.325 e. The van der Waals surface area contributed by atoms with Crippen LogP contribution < -0.4 is 10.9 Å². The molecule has 0 atom stereocenters. The predicted octanol–water partition coefficient (Wildman–Crippen LogP) is 3.47. The van der Waals surface area contributed by atoms with Gasteiger partial charge in [0.2, 0.25) is 5.91 Å². The summed E-state index contributed by atoms with van der Waals surface area (Å²) < 4.78 is 1.38. The third-order valence-corrected chi connectivity index (χ3v) is 4.36. The SMILES string of the molecule is Cc1ccc(NC(=O)Cn2c(C)nc(-c3ccccc3)cc2=O)cc1C. The third kappa shape index (κ3) is 3.88. The number of hydrogen-bond donors (Lipinski definition) is 1. The number of carbonyl (C=O) groups is 1. The Bertz CT molecular complexity index is 1010. The van der Waals surface area contributed by atoms with Gasteiger partial charge in [0.15, 0.2) is 0 Å². The lowest BCUT2D eigenvalue weighted by molar-refractivity contribution is -0.116. The first-order valence-electron chi connectivity index (χ1n) is 8.45. The number of aryl methyl sites for hydroxylation is 3. The molecular formula is C21H21N3O2. The van der Waals surface area contributed by atoms with Gasteiger partial charge in [0, 0.05) is 17.3 Å². The summed E-state index contributed by atoms with van der Waals surface area (Å²) in [6.45, 7) is 5.67. The van der Waals surface area contributed by atoms with Crippen LogP contribution in [0.25, 0.3) is 11.3 Å². The highest BCUT2D eigenvalue weighted by molar-refractivity contribution is 5.90. The maximum atomic E-state index is 12.5. The molecule has 0 radical (unpaired) electrons. The van der Waals surface area contributed by atoms with Crippen molar-refractivity contribution < 1.29 is 4.79 Å². The van der Waals surface area contributed by atoms with E-state index in [1.165, 1.54) is 10.6 Å². The summed E-state index contributed by atoms with van der Waals surface area (Å²) in [6.07, 6.45) is 0. The number of nitrogens with zero attached hydrogens (tertiary/aromatic N) is 2. The van der Waals surface area contributed by atoms with Gasteiger partial charge in [0.05, 0.1) is 5.69 Å². The van der Waals surface area contributed by atoms with E-state index in [2.05, 4.69) is 10.3 Å². The number of anilines is 1. The number of hydrogen-bond acceptors (Lipinski definition) is 3. The summed E-state index contributed by atoms with van der Waals surface area (Å²) in [7, 11) is 0. The number of nitrogens with one attached hydrogen (secondary N) is 1. The van der Waals surface area contributed by atoms with Crippen LogP contribution in [0.1, 0.15) is 17.0 Å². The molecule has 1 N–H and O–H groups in total. The Kier molecular flexibility index (Phi) is 4.98. The molecule has 132 valence electrons. The zero-order chi connectivity index (χ0) is 18.7. The maximum absolute atomic E-state index is 12.5. The van der Waals surface area contributed by atoms with Crippen LogP contribution in [-0.4, -0.2) is 15.5 Å². The summed E-state index contributed by atoms with van der Waals surface area (Å²) in [5, 5.41) is 2.83. The molecular weight excluding hydrogens is 326 g/mol. The maximum Gasteiger partial charge on any atom is 0.254 e. The van der Waals surface area contributed by atoms with Crippen LogP contribution >= 0.6 is 0 Å². The molecule has 0 aliphatic carbocycles. The summed E-state index contributed by atoms with van der Waals surface area (Å²) in [4.78, 5) is 29.3. The van der Waals surface area contributed by atoms with E-state index >= 15 is 0 Å². The summed E-state index contributed by atoms with van der Waals surface area (Å²) in [6, 6.07) is 16.7. The Labute approximate surface area is 152 Å². The van der Waals surface area contributed by atoms with Crippen LogP contribution in [0.5, 0.6) is 0 Å². The Hall–Kier alpha value is -3.21. The molecule has 2 aromatic carbocycles. The van der Waals surface area contributed by atoms with E-state index in [9.17, 15) is 9.59 Å². The highest BCUT2D eigenvalue weighted by atomic mass is 16.2. The van der Waals surface area contributed by atoms with E-state index in [1.54, 1.807) is 6.92 Å². The average Bonchev–Trinajstić information content (AvgIpc) is 2.62. The van der Waals surface area contributed by atoms with E-state index in [4.69, 9.17) is 0 Å². The lowest BCUT2D eigenvalue weighted by Gasteiger charge is -2.12. The fraction of sp³-hybridized carbons (Fsp3) is 0.190. The van der Waals surface area contributed by atoms with Crippen molar-refractivity contribution in [3.63, 3.8) is 0 Å². The lowest BCUT2D eigenvalue weighted by atomic mass is 10.1. The number of aromatic nitrogens is 2. The molecule has 0 aliphatic heterocycles. The van der Waals surface area contributed by atoms with Gasteiger partial charge in [-0.05, 0) is 44.0 Å². The normalized spacial score (nSPS) is 10.6. The highest BCUT2D eigenvalue weighted by Gasteiger charge is 2.11. The fourth-order valence-electron chi connectivity index (χ4n) is 2.73. The van der Waals surface area contributed by atoms with E-state index in [1.807, 2.05) is 62.4 Å². The molecule has 0 saturated heterocycles. The monoisotopic (exact) mass is 347 g/mol. The van der Waals surface area contributed by atoms with Gasteiger partial charge in [-0.2, -0.15) is 0 Å². The van der Waals surface area contributed by atoms with Crippen molar-refractivity contribution >= 4 is 11.6 Å². The quantitative estimate of drug-likeness (QED) is 0.786. The molecule has 0 bridgehead atoms. The second-order valence-electron chi connectivity index (χ2n) is 6.33. The molecule has 0 aliphatic rings. The topological polar surface area (TPSA) is 64.0 Å². The second-order valence-corrected chi connectivity index (χ2v) is 6.33. The minimum absolute atomic E-state index is 0.0698. The Balaban J connectivity index is 1.80. The van der Waals surface area contributed by atoms with Crippen molar-refractivity contribution in [2.45, 2.75) is 27.3 Å². The minimum Gasteiger partial charge on any atom is -0.325 e. The van der Waals surface area contributed by atoms with Crippen molar-refractivity contribution in [2.75, 3.05) is 5.32 Å². The van der Waals surface area contributed by atoms with Gasteiger partial charge >= 0.3 is 0 Å². The number of amides is 1. The minimum atomic E-state index is -0.257. The molecule has 5 nitrogen and oxygen atoms in total. The van der Waals surface area contributed by atoms with Crippen LogP contribution in [-0.2, 0) is 11.3 Å². The van der Waals surface area contributed by atoms with Crippen molar-refractivity contribution in [2.24, 2.45) is 0 Å². The van der Waals surface area contributed by atoms with Crippen LogP contribution in [0.15, 0.2) is 59.4 Å². The van der Waals surface area contributed by atoms with Crippen LogP contribution in [0.3, 0.4) is 0 Å². The Morgan fingerprint density at radius 2 is 1.73 bits per heavy atom. The molecule has 3 aromatic rings. The van der Waals surface area contributed by atoms with Gasteiger partial charge in [-0.3, -0.25) is 14.2 Å². The average molecular weight is 347 g/mol. The summed E-state index contributed by atoms with van der Waals surface area (Å²) >= 11 is 0. The van der Waals surface area contributed by atoms with Crippen LogP contribution in [0, 0.1) is 20.8 Å². The van der Waals surface area contributed by atoms with E-state index < -0.39 is 0 Å². The molecule has 0 spiro atoms. The number of benzene rings is 2. The van der Waals surface area contributed by atoms with E-state index in [0.29, 0.717) is 11.5 Å². The van der Waals surface area contributed by atoms with Crippen molar-refractivity contribution in [1.29, 1.82) is 0 Å². The molecule has 0 fully saturated rings. The Morgan fingerprint density at radius 1 is 1.00 bits per heavy atom. The summed E-state index contributed by atoms with van der Waals surface area (Å²) in [5.74, 6) is 0.249. The van der Waals surface area contributed by atoms with Gasteiger partial charge in [0.1, 0.15) is 12.4 Å². The van der Waals surface area contributed by atoms with Crippen molar-refractivity contribution in [1.82, 2.24) is 9.55 Å². The smallest absolute Gasteiger partial charge is 0.254 e. The first kappa shape index (κ1) is 17.6. The zero-order valence-electron chi connectivity index (χ0n) is 15.1. The molecule has 0 unspecified atom stereocenters. The third-order valence-electron chi connectivity index (χ3n) is 4.36. The number of rotatable bonds is 4. The molecule has 1 heterocycles. The van der Waals surface area contributed by atoms with Gasteiger partial charge in [-0.15, -0.1) is 0 Å². The molecule has 5 heteroatoms. The van der Waals surface area contributed by atoms with Crippen molar-refractivity contribution in [3.05, 3.63) is 81.9 Å². The van der Waals surface area contributed by atoms with Crippen molar-refractivity contribution in [3.8, 4) is 11.3 Å². The molecule has 3 rings (SSSR count).